The fraction of sp³-hybridized carbons (Fsp3) is 0.318. The van der Waals surface area contributed by atoms with Crippen molar-refractivity contribution in [3.63, 3.8) is 0 Å². The van der Waals surface area contributed by atoms with E-state index < -0.39 is 0 Å². The van der Waals surface area contributed by atoms with Gasteiger partial charge in [0.05, 0.1) is 17.5 Å². The van der Waals surface area contributed by atoms with Gasteiger partial charge in [0.25, 0.3) is 5.56 Å². The van der Waals surface area contributed by atoms with Gasteiger partial charge in [-0.15, -0.1) is 0 Å². The van der Waals surface area contributed by atoms with Crippen LogP contribution in [0.3, 0.4) is 0 Å². The average Bonchev–Trinajstić information content (AvgIpc) is 2.73. The number of nitrogens with one attached hydrogen (secondary N) is 1. The third kappa shape index (κ3) is 4.46. The van der Waals surface area contributed by atoms with Crippen molar-refractivity contribution in [2.24, 2.45) is 5.92 Å². The Morgan fingerprint density at radius 3 is 2.59 bits per heavy atom. The Morgan fingerprint density at radius 2 is 1.83 bits per heavy atom. The highest BCUT2D eigenvalue weighted by Crippen LogP contribution is 2.28. The van der Waals surface area contributed by atoms with Crippen LogP contribution in [0, 0.1) is 5.92 Å². The molecule has 0 aliphatic carbocycles. The highest BCUT2D eigenvalue weighted by molar-refractivity contribution is 6.33. The molecule has 1 aliphatic heterocycles. The van der Waals surface area contributed by atoms with Gasteiger partial charge in [-0.05, 0) is 55.0 Å². The third-order valence-corrected chi connectivity index (χ3v) is 6.18. The lowest BCUT2D eigenvalue weighted by molar-refractivity contribution is -0.131. The van der Waals surface area contributed by atoms with Crippen LogP contribution in [0.15, 0.2) is 47.3 Å². The Morgan fingerprint density at radius 1 is 1.10 bits per heavy atom. The summed E-state index contributed by atoms with van der Waals surface area (Å²) in [6.07, 6.45) is 2.90. The van der Waals surface area contributed by atoms with Crippen molar-refractivity contribution in [2.75, 3.05) is 13.1 Å². The first-order chi connectivity index (χ1) is 14.0. The second-order valence-electron chi connectivity index (χ2n) is 7.49. The van der Waals surface area contributed by atoms with Crippen LogP contribution in [0.5, 0.6) is 0 Å². The zero-order chi connectivity index (χ0) is 20.4. The highest BCUT2D eigenvalue weighted by Gasteiger charge is 2.24. The fourth-order valence-electron chi connectivity index (χ4n) is 3.96. The van der Waals surface area contributed by atoms with Crippen LogP contribution in [0.2, 0.25) is 10.0 Å². The molecule has 2 heterocycles. The molecule has 2 aromatic carbocycles. The first-order valence-corrected chi connectivity index (χ1v) is 10.4. The molecule has 1 aliphatic rings. The number of carbonyl (C=O) groups is 1. The second-order valence-corrected chi connectivity index (χ2v) is 8.33. The van der Waals surface area contributed by atoms with Crippen molar-refractivity contribution >= 4 is 39.9 Å². The minimum atomic E-state index is -0.239. The summed E-state index contributed by atoms with van der Waals surface area (Å²) in [5, 5.41) is 9.33. The zero-order valence-corrected chi connectivity index (χ0v) is 17.3. The monoisotopic (exact) mass is 429 g/mol. The second kappa shape index (κ2) is 8.56. The molecule has 3 aromatic rings. The van der Waals surface area contributed by atoms with Crippen LogP contribution in [-0.4, -0.2) is 34.1 Å². The average molecular weight is 430 g/mol. The summed E-state index contributed by atoms with van der Waals surface area (Å²) in [7, 11) is 0. The Kier molecular flexibility index (Phi) is 5.88. The van der Waals surface area contributed by atoms with E-state index in [9.17, 15) is 9.59 Å². The van der Waals surface area contributed by atoms with E-state index in [4.69, 9.17) is 23.2 Å². The van der Waals surface area contributed by atoms with Crippen LogP contribution in [-0.2, 0) is 17.6 Å². The Balaban J connectivity index is 1.39. The lowest BCUT2D eigenvalue weighted by Gasteiger charge is -2.32. The summed E-state index contributed by atoms with van der Waals surface area (Å²) < 4.78 is 0. The number of likely N-dealkylation sites (tertiary alicyclic amines) is 1. The SMILES string of the molecule is O=C(Cc1n[nH]c(=O)c2ccccc12)N1CCC(Cc2cc(Cl)ccc2Cl)CC1. The van der Waals surface area contributed by atoms with E-state index in [1.165, 1.54) is 0 Å². The molecular weight excluding hydrogens is 409 g/mol. The fourth-order valence-corrected chi connectivity index (χ4v) is 4.35. The quantitative estimate of drug-likeness (QED) is 0.673. The predicted octanol–water partition coefficient (Wildman–Crippen LogP) is 4.25. The molecule has 4 rings (SSSR count). The molecule has 29 heavy (non-hydrogen) atoms. The number of fused-ring (bicyclic) bond motifs is 1. The van der Waals surface area contributed by atoms with E-state index in [2.05, 4.69) is 10.2 Å². The van der Waals surface area contributed by atoms with E-state index in [0.717, 1.165) is 35.2 Å². The largest absolute Gasteiger partial charge is 0.342 e. The van der Waals surface area contributed by atoms with Gasteiger partial charge >= 0.3 is 0 Å². The molecule has 0 spiro atoms. The van der Waals surface area contributed by atoms with E-state index in [0.29, 0.717) is 35.1 Å². The summed E-state index contributed by atoms with van der Waals surface area (Å²) in [6.45, 7) is 1.42. The number of rotatable bonds is 4. The van der Waals surface area contributed by atoms with Crippen LogP contribution in [0.25, 0.3) is 10.8 Å². The molecule has 5 nitrogen and oxygen atoms in total. The maximum Gasteiger partial charge on any atom is 0.272 e. The van der Waals surface area contributed by atoms with Gasteiger partial charge in [-0.2, -0.15) is 5.10 Å². The Hall–Kier alpha value is -2.37. The molecule has 0 bridgehead atoms. The lowest BCUT2D eigenvalue weighted by Crippen LogP contribution is -2.40. The van der Waals surface area contributed by atoms with Gasteiger partial charge in [0.15, 0.2) is 0 Å². The standard InChI is InChI=1S/C22H21Cl2N3O2/c23-16-5-6-19(24)15(12-16)11-14-7-9-27(10-8-14)21(28)13-20-17-3-1-2-4-18(17)22(29)26-25-20/h1-6,12,14H,7-11,13H2,(H,26,29). The summed E-state index contributed by atoms with van der Waals surface area (Å²) >= 11 is 12.4. The molecule has 1 aromatic heterocycles. The number of hydrogen-bond acceptors (Lipinski definition) is 3. The molecule has 1 fully saturated rings. The van der Waals surface area contributed by atoms with Gasteiger partial charge in [-0.1, -0.05) is 41.4 Å². The molecule has 0 unspecified atom stereocenters. The first kappa shape index (κ1) is 19.9. The number of piperidine rings is 1. The normalized spacial score (nSPS) is 15.0. The number of H-pyrrole nitrogens is 1. The van der Waals surface area contributed by atoms with Crippen molar-refractivity contribution in [1.29, 1.82) is 0 Å². The number of carbonyl (C=O) groups excluding carboxylic acids is 1. The summed E-state index contributed by atoms with van der Waals surface area (Å²) in [5.41, 5.74) is 1.43. The van der Waals surface area contributed by atoms with Gasteiger partial charge in [-0.25, -0.2) is 5.10 Å². The summed E-state index contributed by atoms with van der Waals surface area (Å²) in [5.74, 6) is 0.510. The van der Waals surface area contributed by atoms with Crippen LogP contribution in [0.1, 0.15) is 24.1 Å². The molecule has 1 amide bonds. The van der Waals surface area contributed by atoms with Gasteiger partial charge in [-0.3, -0.25) is 9.59 Å². The highest BCUT2D eigenvalue weighted by atomic mass is 35.5. The number of aromatic amines is 1. The molecular formula is C22H21Cl2N3O2. The Labute approximate surface area is 178 Å². The lowest BCUT2D eigenvalue weighted by atomic mass is 9.90. The van der Waals surface area contributed by atoms with Crippen molar-refractivity contribution < 1.29 is 4.79 Å². The smallest absolute Gasteiger partial charge is 0.272 e. The van der Waals surface area contributed by atoms with E-state index in [1.54, 1.807) is 18.2 Å². The zero-order valence-electron chi connectivity index (χ0n) is 15.8. The Bertz CT molecular complexity index is 1100. The first-order valence-electron chi connectivity index (χ1n) is 9.69. The number of hydrogen-bond donors (Lipinski definition) is 1. The molecule has 1 N–H and O–H groups in total. The number of aromatic nitrogens is 2. The van der Waals surface area contributed by atoms with Gasteiger partial charge < -0.3 is 4.90 Å². The van der Waals surface area contributed by atoms with Gasteiger partial charge in [0.2, 0.25) is 5.91 Å². The molecule has 0 atom stereocenters. The third-order valence-electron chi connectivity index (χ3n) is 5.58. The van der Waals surface area contributed by atoms with Crippen molar-refractivity contribution in [3.8, 4) is 0 Å². The van der Waals surface area contributed by atoms with Gasteiger partial charge in [0.1, 0.15) is 0 Å². The minimum absolute atomic E-state index is 0.0361. The van der Waals surface area contributed by atoms with Crippen molar-refractivity contribution in [1.82, 2.24) is 15.1 Å². The van der Waals surface area contributed by atoms with E-state index in [1.807, 2.05) is 29.2 Å². The van der Waals surface area contributed by atoms with Crippen LogP contribution < -0.4 is 5.56 Å². The number of amides is 1. The number of benzene rings is 2. The molecule has 0 radical (unpaired) electrons. The van der Waals surface area contributed by atoms with Crippen LogP contribution >= 0.6 is 23.2 Å². The van der Waals surface area contributed by atoms with E-state index >= 15 is 0 Å². The molecule has 150 valence electrons. The number of nitrogens with zero attached hydrogens (tertiary/aromatic N) is 2. The molecule has 0 saturated carbocycles. The van der Waals surface area contributed by atoms with Crippen LogP contribution in [0.4, 0.5) is 0 Å². The number of halogens is 2. The molecule has 7 heteroatoms. The maximum atomic E-state index is 12.8. The van der Waals surface area contributed by atoms with Gasteiger partial charge in [0, 0.05) is 28.5 Å². The summed E-state index contributed by atoms with van der Waals surface area (Å²) in [6, 6.07) is 12.8. The van der Waals surface area contributed by atoms with E-state index in [-0.39, 0.29) is 17.9 Å². The predicted molar refractivity (Wildman–Crippen MR) is 116 cm³/mol. The molecule has 1 saturated heterocycles. The minimum Gasteiger partial charge on any atom is -0.342 e. The maximum absolute atomic E-state index is 12.8. The summed E-state index contributed by atoms with van der Waals surface area (Å²) in [4.78, 5) is 26.6. The topological polar surface area (TPSA) is 66.1 Å². The van der Waals surface area contributed by atoms with Crippen molar-refractivity contribution in [3.05, 3.63) is 74.1 Å². The van der Waals surface area contributed by atoms with Crippen molar-refractivity contribution in [2.45, 2.75) is 25.7 Å².